The van der Waals surface area contributed by atoms with Crippen LogP contribution in [-0.2, 0) is 6.54 Å². The van der Waals surface area contributed by atoms with E-state index in [0.29, 0.717) is 12.6 Å². The minimum atomic E-state index is 0.573. The molecule has 1 aromatic carbocycles. The van der Waals surface area contributed by atoms with Gasteiger partial charge in [-0.1, -0.05) is 12.1 Å². The fourth-order valence-corrected chi connectivity index (χ4v) is 2.02. The van der Waals surface area contributed by atoms with Gasteiger partial charge in [-0.2, -0.15) is 0 Å². The van der Waals surface area contributed by atoms with E-state index in [-0.39, 0.29) is 0 Å². The first-order valence-electron chi connectivity index (χ1n) is 6.26. The average Bonchev–Trinajstić information content (AvgIpc) is 3.09. The molecule has 0 radical (unpaired) electrons. The first kappa shape index (κ1) is 11.5. The third-order valence-corrected chi connectivity index (χ3v) is 3.28. The van der Waals surface area contributed by atoms with Crippen LogP contribution in [0.15, 0.2) is 24.3 Å². The van der Waals surface area contributed by atoms with Crippen LogP contribution in [0.3, 0.4) is 0 Å². The summed E-state index contributed by atoms with van der Waals surface area (Å²) in [7, 11) is 0. The standard InChI is InChI=1S/C14H22N2/c1-11(2)16(10-13-3-4-13)14-7-5-12(9-15)6-8-14/h5-8,11,13H,3-4,9-10,15H2,1-2H3. The smallest absolute Gasteiger partial charge is 0.0368 e. The number of nitrogens with two attached hydrogens (primary N) is 1. The Labute approximate surface area is 98.4 Å². The van der Waals surface area contributed by atoms with Crippen LogP contribution in [0.2, 0.25) is 0 Å². The first-order valence-corrected chi connectivity index (χ1v) is 6.26. The Kier molecular flexibility index (Phi) is 3.49. The number of nitrogens with zero attached hydrogens (tertiary/aromatic N) is 1. The number of hydrogen-bond acceptors (Lipinski definition) is 2. The molecule has 1 saturated carbocycles. The molecule has 0 bridgehead atoms. The number of benzene rings is 1. The predicted octanol–water partition coefficient (Wildman–Crippen LogP) is 2.77. The molecule has 88 valence electrons. The quantitative estimate of drug-likeness (QED) is 0.823. The van der Waals surface area contributed by atoms with Crippen LogP contribution < -0.4 is 10.6 Å². The van der Waals surface area contributed by atoms with E-state index in [1.54, 1.807) is 0 Å². The summed E-state index contributed by atoms with van der Waals surface area (Å²) in [4.78, 5) is 2.50. The molecule has 0 amide bonds. The molecule has 0 unspecified atom stereocenters. The highest BCUT2D eigenvalue weighted by Gasteiger charge is 2.25. The minimum Gasteiger partial charge on any atom is -0.369 e. The van der Waals surface area contributed by atoms with Crippen molar-refractivity contribution in [2.24, 2.45) is 11.7 Å². The predicted molar refractivity (Wildman–Crippen MR) is 69.5 cm³/mol. The van der Waals surface area contributed by atoms with Crippen molar-refractivity contribution >= 4 is 5.69 Å². The fraction of sp³-hybridized carbons (Fsp3) is 0.571. The van der Waals surface area contributed by atoms with Crippen molar-refractivity contribution in [3.8, 4) is 0 Å². The van der Waals surface area contributed by atoms with E-state index in [1.807, 2.05) is 0 Å². The van der Waals surface area contributed by atoms with Crippen LogP contribution in [0.4, 0.5) is 5.69 Å². The van der Waals surface area contributed by atoms with Gasteiger partial charge in [0.1, 0.15) is 0 Å². The van der Waals surface area contributed by atoms with Crippen LogP contribution in [0, 0.1) is 5.92 Å². The average molecular weight is 218 g/mol. The molecular weight excluding hydrogens is 196 g/mol. The van der Waals surface area contributed by atoms with E-state index >= 15 is 0 Å². The molecule has 16 heavy (non-hydrogen) atoms. The summed E-state index contributed by atoms with van der Waals surface area (Å²) in [5, 5.41) is 0. The SMILES string of the molecule is CC(C)N(CC1CC1)c1ccc(CN)cc1. The van der Waals surface area contributed by atoms with E-state index in [9.17, 15) is 0 Å². The van der Waals surface area contributed by atoms with Crippen molar-refractivity contribution in [2.75, 3.05) is 11.4 Å². The van der Waals surface area contributed by atoms with Crippen LogP contribution in [0.1, 0.15) is 32.3 Å². The molecule has 1 aliphatic rings. The van der Waals surface area contributed by atoms with Gasteiger partial charge in [-0.25, -0.2) is 0 Å². The fourth-order valence-electron chi connectivity index (χ4n) is 2.02. The molecule has 0 heterocycles. The minimum absolute atomic E-state index is 0.573. The molecule has 0 aromatic heterocycles. The molecule has 2 N–H and O–H groups in total. The highest BCUT2D eigenvalue weighted by Crippen LogP contribution is 2.32. The van der Waals surface area contributed by atoms with Crippen molar-refractivity contribution in [3.05, 3.63) is 29.8 Å². The van der Waals surface area contributed by atoms with Crippen molar-refractivity contribution in [3.63, 3.8) is 0 Å². The second kappa shape index (κ2) is 4.88. The van der Waals surface area contributed by atoms with E-state index in [0.717, 1.165) is 5.92 Å². The summed E-state index contributed by atoms with van der Waals surface area (Å²) in [6.07, 6.45) is 2.81. The lowest BCUT2D eigenvalue weighted by atomic mass is 10.1. The zero-order chi connectivity index (χ0) is 11.5. The van der Waals surface area contributed by atoms with E-state index in [4.69, 9.17) is 5.73 Å². The second-order valence-corrected chi connectivity index (χ2v) is 5.06. The Bertz CT molecular complexity index is 325. The van der Waals surface area contributed by atoms with Gasteiger partial charge in [-0.05, 0) is 50.3 Å². The Morgan fingerprint density at radius 3 is 2.31 bits per heavy atom. The summed E-state index contributed by atoms with van der Waals surface area (Å²) in [6.45, 7) is 6.36. The topological polar surface area (TPSA) is 29.3 Å². The highest BCUT2D eigenvalue weighted by molar-refractivity contribution is 5.48. The summed E-state index contributed by atoms with van der Waals surface area (Å²) in [6, 6.07) is 9.24. The normalized spacial score (nSPS) is 15.5. The van der Waals surface area contributed by atoms with Gasteiger partial charge in [-0.15, -0.1) is 0 Å². The van der Waals surface area contributed by atoms with Crippen LogP contribution in [-0.4, -0.2) is 12.6 Å². The molecule has 0 spiro atoms. The molecule has 0 atom stereocenters. The Hall–Kier alpha value is -1.02. The van der Waals surface area contributed by atoms with Crippen molar-refractivity contribution < 1.29 is 0 Å². The lowest BCUT2D eigenvalue weighted by Gasteiger charge is -2.29. The van der Waals surface area contributed by atoms with Gasteiger partial charge in [-0.3, -0.25) is 0 Å². The molecule has 0 aliphatic heterocycles. The second-order valence-electron chi connectivity index (χ2n) is 5.06. The van der Waals surface area contributed by atoms with Crippen LogP contribution in [0.25, 0.3) is 0 Å². The lowest BCUT2D eigenvalue weighted by molar-refractivity contribution is 0.644. The molecule has 1 fully saturated rings. The number of anilines is 1. The van der Waals surface area contributed by atoms with E-state index in [1.165, 1.54) is 30.6 Å². The lowest BCUT2D eigenvalue weighted by Crippen LogP contribution is -2.32. The molecule has 2 heteroatoms. The Morgan fingerprint density at radius 2 is 1.88 bits per heavy atom. The summed E-state index contributed by atoms with van der Waals surface area (Å²) < 4.78 is 0. The summed E-state index contributed by atoms with van der Waals surface area (Å²) in [5.41, 5.74) is 8.15. The van der Waals surface area contributed by atoms with E-state index in [2.05, 4.69) is 43.0 Å². The van der Waals surface area contributed by atoms with Gasteiger partial charge in [0.25, 0.3) is 0 Å². The maximum atomic E-state index is 5.61. The molecule has 2 nitrogen and oxygen atoms in total. The Morgan fingerprint density at radius 1 is 1.25 bits per heavy atom. The van der Waals surface area contributed by atoms with Crippen molar-refractivity contribution in [2.45, 2.75) is 39.3 Å². The molecule has 2 rings (SSSR count). The summed E-state index contributed by atoms with van der Waals surface area (Å²) >= 11 is 0. The molecule has 1 aromatic rings. The van der Waals surface area contributed by atoms with Gasteiger partial charge in [0.2, 0.25) is 0 Å². The number of rotatable bonds is 5. The first-order chi connectivity index (χ1) is 7.70. The van der Waals surface area contributed by atoms with Crippen LogP contribution in [0.5, 0.6) is 0 Å². The van der Waals surface area contributed by atoms with E-state index < -0.39 is 0 Å². The highest BCUT2D eigenvalue weighted by atomic mass is 15.2. The Balaban J connectivity index is 2.10. The zero-order valence-electron chi connectivity index (χ0n) is 10.3. The van der Waals surface area contributed by atoms with Gasteiger partial charge in [0.05, 0.1) is 0 Å². The monoisotopic (exact) mass is 218 g/mol. The van der Waals surface area contributed by atoms with Crippen molar-refractivity contribution in [1.29, 1.82) is 0 Å². The maximum absolute atomic E-state index is 5.61. The summed E-state index contributed by atoms with van der Waals surface area (Å²) in [5.74, 6) is 0.927. The van der Waals surface area contributed by atoms with Crippen LogP contribution >= 0.6 is 0 Å². The van der Waals surface area contributed by atoms with Crippen molar-refractivity contribution in [1.82, 2.24) is 0 Å². The molecular formula is C14H22N2. The van der Waals surface area contributed by atoms with Gasteiger partial charge in [0.15, 0.2) is 0 Å². The number of hydrogen-bond donors (Lipinski definition) is 1. The molecule has 1 aliphatic carbocycles. The molecule has 0 saturated heterocycles. The van der Waals surface area contributed by atoms with Gasteiger partial charge in [0, 0.05) is 24.8 Å². The third-order valence-electron chi connectivity index (χ3n) is 3.28. The third kappa shape index (κ3) is 2.76. The zero-order valence-corrected chi connectivity index (χ0v) is 10.3. The van der Waals surface area contributed by atoms with Gasteiger partial charge >= 0.3 is 0 Å². The van der Waals surface area contributed by atoms with Gasteiger partial charge < -0.3 is 10.6 Å². The largest absolute Gasteiger partial charge is 0.369 e. The maximum Gasteiger partial charge on any atom is 0.0368 e.